The average molecular weight is 548 g/mol. The fourth-order valence-electron chi connectivity index (χ4n) is 6.41. The Morgan fingerprint density at radius 3 is 1.60 bits per heavy atom. The van der Waals surface area contributed by atoms with Crippen LogP contribution in [0.2, 0.25) is 0 Å². The summed E-state index contributed by atoms with van der Waals surface area (Å²) >= 11 is 0. The number of rotatable bonds is 5. The summed E-state index contributed by atoms with van der Waals surface area (Å²) in [6.07, 6.45) is 0. The number of para-hydroxylation sites is 1. The molecule has 0 aromatic heterocycles. The molecule has 1 heteroatoms. The summed E-state index contributed by atoms with van der Waals surface area (Å²) in [6, 6.07) is 61.0. The minimum Gasteiger partial charge on any atom is -0.355 e. The van der Waals surface area contributed by atoms with Crippen LogP contribution in [0.4, 0.5) is 11.4 Å². The molecule has 8 aromatic rings. The van der Waals surface area contributed by atoms with Crippen molar-refractivity contribution < 1.29 is 0 Å². The quantitative estimate of drug-likeness (QED) is 0.211. The van der Waals surface area contributed by atoms with Crippen LogP contribution in [0.1, 0.15) is 0 Å². The van der Waals surface area contributed by atoms with E-state index >= 15 is 0 Å². The van der Waals surface area contributed by atoms with E-state index in [2.05, 4.69) is 175 Å². The predicted octanol–water partition coefficient (Wildman–Crippen LogP) is 11.9. The van der Waals surface area contributed by atoms with Crippen LogP contribution in [0.5, 0.6) is 0 Å². The molecule has 0 aliphatic rings. The molecule has 8 rings (SSSR count). The Bertz CT molecular complexity index is 2250. The molecule has 8 aromatic carbocycles. The number of anilines is 2. The maximum Gasteiger partial charge on any atom is 0.0463 e. The Morgan fingerprint density at radius 1 is 0.302 bits per heavy atom. The summed E-state index contributed by atoms with van der Waals surface area (Å²) in [7, 11) is 0. The maximum atomic E-state index is 3.65. The van der Waals surface area contributed by atoms with E-state index in [0.29, 0.717) is 0 Å². The molecule has 202 valence electrons. The first kappa shape index (κ1) is 25.1. The molecule has 0 fully saturated rings. The first-order valence-electron chi connectivity index (χ1n) is 14.8. The highest BCUT2D eigenvalue weighted by atomic mass is 14.9. The van der Waals surface area contributed by atoms with Gasteiger partial charge in [0.2, 0.25) is 0 Å². The highest BCUT2D eigenvalue weighted by Gasteiger charge is 2.14. The summed E-state index contributed by atoms with van der Waals surface area (Å²) in [6.45, 7) is 0. The van der Waals surface area contributed by atoms with Crippen molar-refractivity contribution in [3.05, 3.63) is 170 Å². The van der Waals surface area contributed by atoms with Crippen molar-refractivity contribution in [1.29, 1.82) is 0 Å². The Labute approximate surface area is 251 Å². The van der Waals surface area contributed by atoms with Crippen molar-refractivity contribution in [3.63, 3.8) is 0 Å². The van der Waals surface area contributed by atoms with Crippen molar-refractivity contribution in [2.75, 3.05) is 5.32 Å². The van der Waals surface area contributed by atoms with Gasteiger partial charge in [0.05, 0.1) is 0 Å². The van der Waals surface area contributed by atoms with Gasteiger partial charge in [0.15, 0.2) is 0 Å². The van der Waals surface area contributed by atoms with E-state index in [4.69, 9.17) is 0 Å². The van der Waals surface area contributed by atoms with Crippen LogP contribution >= 0.6 is 0 Å². The van der Waals surface area contributed by atoms with Crippen molar-refractivity contribution in [3.8, 4) is 33.4 Å². The Kier molecular flexibility index (Phi) is 6.20. The van der Waals surface area contributed by atoms with Crippen LogP contribution in [0.3, 0.4) is 0 Å². The summed E-state index contributed by atoms with van der Waals surface area (Å²) < 4.78 is 0. The zero-order chi connectivity index (χ0) is 28.6. The van der Waals surface area contributed by atoms with Crippen LogP contribution in [0.15, 0.2) is 170 Å². The second kappa shape index (κ2) is 10.6. The first-order valence-corrected chi connectivity index (χ1v) is 14.8. The van der Waals surface area contributed by atoms with Gasteiger partial charge in [0.25, 0.3) is 0 Å². The van der Waals surface area contributed by atoms with Gasteiger partial charge in [-0.1, -0.05) is 146 Å². The molecule has 0 spiro atoms. The second-order valence-corrected chi connectivity index (χ2v) is 11.0. The fraction of sp³-hybridized carbons (Fsp3) is 0. The van der Waals surface area contributed by atoms with E-state index in [9.17, 15) is 0 Å². The van der Waals surface area contributed by atoms with Gasteiger partial charge in [-0.3, -0.25) is 0 Å². The highest BCUT2D eigenvalue weighted by molar-refractivity contribution is 6.17. The monoisotopic (exact) mass is 547 g/mol. The van der Waals surface area contributed by atoms with Crippen molar-refractivity contribution in [1.82, 2.24) is 0 Å². The van der Waals surface area contributed by atoms with Gasteiger partial charge < -0.3 is 5.32 Å². The third kappa shape index (κ3) is 4.52. The lowest BCUT2D eigenvalue weighted by molar-refractivity contribution is 1.53. The molecule has 1 N–H and O–H groups in total. The Morgan fingerprint density at radius 2 is 0.837 bits per heavy atom. The predicted molar refractivity (Wildman–Crippen MR) is 185 cm³/mol. The van der Waals surface area contributed by atoms with Crippen molar-refractivity contribution >= 4 is 43.7 Å². The van der Waals surface area contributed by atoms with Gasteiger partial charge >= 0.3 is 0 Å². The molecule has 0 saturated carbocycles. The first-order chi connectivity index (χ1) is 21.3. The van der Waals surface area contributed by atoms with Crippen LogP contribution in [0, 0.1) is 0 Å². The molecule has 0 aliphatic heterocycles. The van der Waals surface area contributed by atoms with Crippen molar-refractivity contribution in [2.24, 2.45) is 0 Å². The number of hydrogen-bond donors (Lipinski definition) is 1. The van der Waals surface area contributed by atoms with E-state index in [1.807, 2.05) is 0 Å². The summed E-state index contributed by atoms with van der Waals surface area (Å²) in [4.78, 5) is 0. The van der Waals surface area contributed by atoms with Gasteiger partial charge in [-0.15, -0.1) is 0 Å². The van der Waals surface area contributed by atoms with E-state index < -0.39 is 0 Å². The SMILES string of the molecule is c1ccc(-c2ccccc2Nc2ccc(-c3ccc(-c4cc5ccccc5c5ccccc45)c4ccccc34)cc2)cc1. The van der Waals surface area contributed by atoms with E-state index in [0.717, 1.165) is 11.4 Å². The van der Waals surface area contributed by atoms with E-state index in [1.165, 1.54) is 65.7 Å². The molecule has 0 bridgehead atoms. The molecular weight excluding hydrogens is 518 g/mol. The molecule has 43 heavy (non-hydrogen) atoms. The maximum absolute atomic E-state index is 3.65. The van der Waals surface area contributed by atoms with Crippen LogP contribution in [-0.2, 0) is 0 Å². The third-order valence-corrected chi connectivity index (χ3v) is 8.47. The molecular formula is C42H29N. The molecule has 0 amide bonds. The minimum atomic E-state index is 1.07. The van der Waals surface area contributed by atoms with Gasteiger partial charge in [0.1, 0.15) is 0 Å². The van der Waals surface area contributed by atoms with E-state index in [-0.39, 0.29) is 0 Å². The van der Waals surface area contributed by atoms with Gasteiger partial charge in [0, 0.05) is 16.9 Å². The average Bonchev–Trinajstić information content (AvgIpc) is 3.08. The largest absolute Gasteiger partial charge is 0.355 e. The smallest absolute Gasteiger partial charge is 0.0463 e. The normalized spacial score (nSPS) is 11.3. The molecule has 0 aliphatic carbocycles. The van der Waals surface area contributed by atoms with Crippen LogP contribution in [-0.4, -0.2) is 0 Å². The highest BCUT2D eigenvalue weighted by Crippen LogP contribution is 2.41. The molecule has 0 atom stereocenters. The van der Waals surface area contributed by atoms with Crippen LogP contribution < -0.4 is 5.32 Å². The lowest BCUT2D eigenvalue weighted by Gasteiger charge is -2.16. The van der Waals surface area contributed by atoms with Crippen LogP contribution in [0.25, 0.3) is 65.7 Å². The number of nitrogens with one attached hydrogen (secondary N) is 1. The lowest BCUT2D eigenvalue weighted by Crippen LogP contribution is -1.93. The summed E-state index contributed by atoms with van der Waals surface area (Å²) in [5.74, 6) is 0. The Balaban J connectivity index is 1.19. The number of hydrogen-bond acceptors (Lipinski definition) is 1. The summed E-state index contributed by atoms with van der Waals surface area (Å²) in [5, 5.41) is 11.3. The molecule has 0 radical (unpaired) electrons. The molecule has 0 unspecified atom stereocenters. The molecule has 0 heterocycles. The molecule has 0 saturated heterocycles. The van der Waals surface area contributed by atoms with Crippen molar-refractivity contribution in [2.45, 2.75) is 0 Å². The topological polar surface area (TPSA) is 12.0 Å². The van der Waals surface area contributed by atoms with Gasteiger partial charge in [-0.05, 0) is 84.4 Å². The lowest BCUT2D eigenvalue weighted by atomic mass is 9.88. The molecule has 1 nitrogen and oxygen atoms in total. The number of benzene rings is 8. The third-order valence-electron chi connectivity index (χ3n) is 8.47. The minimum absolute atomic E-state index is 1.07. The van der Waals surface area contributed by atoms with Gasteiger partial charge in [-0.25, -0.2) is 0 Å². The second-order valence-electron chi connectivity index (χ2n) is 11.0. The van der Waals surface area contributed by atoms with Gasteiger partial charge in [-0.2, -0.15) is 0 Å². The fourth-order valence-corrected chi connectivity index (χ4v) is 6.41. The Hall–Kier alpha value is -5.66. The zero-order valence-corrected chi connectivity index (χ0v) is 23.7. The zero-order valence-electron chi connectivity index (χ0n) is 23.7. The standard InChI is InChI=1S/C42H29N/c1-2-12-29(13-3-1)35-16-10-11-21-42(35)43-32-24-22-30(23-25-32)34-26-27-40(38-19-8-6-18-37(34)38)41-28-31-14-4-5-15-33(31)36-17-7-9-20-39(36)41/h1-28,43H. The summed E-state index contributed by atoms with van der Waals surface area (Å²) in [5.41, 5.74) is 9.52. The number of fused-ring (bicyclic) bond motifs is 4. The van der Waals surface area contributed by atoms with E-state index in [1.54, 1.807) is 0 Å².